The van der Waals surface area contributed by atoms with Gasteiger partial charge in [-0.3, -0.25) is 9.89 Å². The average Bonchev–Trinajstić information content (AvgIpc) is 3.38. The number of nitrogens with one attached hydrogen (secondary N) is 2. The van der Waals surface area contributed by atoms with Crippen LogP contribution in [0.15, 0.2) is 29.3 Å². The predicted molar refractivity (Wildman–Crippen MR) is 126 cm³/mol. The van der Waals surface area contributed by atoms with Gasteiger partial charge in [0, 0.05) is 36.9 Å². The molecule has 32 heavy (non-hydrogen) atoms. The average molecular weight is 453 g/mol. The highest BCUT2D eigenvalue weighted by Gasteiger charge is 2.32. The Morgan fingerprint density at radius 3 is 2.88 bits per heavy atom. The molecular formula is C23H28N6O2S. The Morgan fingerprint density at radius 2 is 2.09 bits per heavy atom. The normalized spacial score (nSPS) is 18.7. The SMILES string of the molecule is CC(C)(C)CC(=O)NC1Cc2nc(-c3cccc4[nH]ncc34)nc(N3CCOCC3)c2S1. The van der Waals surface area contributed by atoms with Crippen molar-refractivity contribution in [2.75, 3.05) is 31.2 Å². The number of nitrogens with zero attached hydrogens (tertiary/aromatic N) is 4. The van der Waals surface area contributed by atoms with Gasteiger partial charge >= 0.3 is 0 Å². The molecule has 2 aliphatic heterocycles. The summed E-state index contributed by atoms with van der Waals surface area (Å²) in [5, 5.41) is 11.4. The number of aromatic amines is 1. The number of fused-ring (bicyclic) bond motifs is 2. The van der Waals surface area contributed by atoms with E-state index in [4.69, 9.17) is 14.7 Å². The molecule has 8 nitrogen and oxygen atoms in total. The fourth-order valence-electron chi connectivity index (χ4n) is 4.17. The molecule has 2 aliphatic rings. The van der Waals surface area contributed by atoms with Crippen molar-refractivity contribution >= 4 is 34.4 Å². The quantitative estimate of drug-likeness (QED) is 0.626. The van der Waals surface area contributed by atoms with Crippen LogP contribution in [0.25, 0.3) is 22.3 Å². The van der Waals surface area contributed by atoms with Crippen molar-refractivity contribution in [3.63, 3.8) is 0 Å². The number of rotatable bonds is 4. The predicted octanol–water partition coefficient (Wildman–Crippen LogP) is 3.38. The number of carbonyl (C=O) groups is 1. The number of amides is 1. The largest absolute Gasteiger partial charge is 0.378 e. The molecule has 1 fully saturated rings. The summed E-state index contributed by atoms with van der Waals surface area (Å²) in [6.45, 7) is 9.18. The van der Waals surface area contributed by atoms with Gasteiger partial charge in [-0.15, -0.1) is 0 Å². The summed E-state index contributed by atoms with van der Waals surface area (Å²) in [7, 11) is 0. The van der Waals surface area contributed by atoms with E-state index >= 15 is 0 Å². The summed E-state index contributed by atoms with van der Waals surface area (Å²) in [6, 6.07) is 6.02. The van der Waals surface area contributed by atoms with Gasteiger partial charge in [0.1, 0.15) is 5.82 Å². The number of hydrogen-bond acceptors (Lipinski definition) is 7. The fraction of sp³-hybridized carbons (Fsp3) is 0.478. The lowest BCUT2D eigenvalue weighted by Gasteiger charge is -2.29. The number of H-pyrrole nitrogens is 1. The smallest absolute Gasteiger partial charge is 0.221 e. The third-order valence-electron chi connectivity index (χ3n) is 5.61. The molecule has 3 aromatic rings. The van der Waals surface area contributed by atoms with Crippen LogP contribution in [0.3, 0.4) is 0 Å². The molecule has 2 N–H and O–H groups in total. The zero-order valence-electron chi connectivity index (χ0n) is 18.6. The highest BCUT2D eigenvalue weighted by molar-refractivity contribution is 8.00. The molecule has 1 unspecified atom stereocenters. The van der Waals surface area contributed by atoms with E-state index in [1.807, 2.05) is 24.4 Å². The van der Waals surface area contributed by atoms with Crippen molar-refractivity contribution in [3.8, 4) is 11.4 Å². The van der Waals surface area contributed by atoms with Crippen LogP contribution in [0.1, 0.15) is 32.9 Å². The van der Waals surface area contributed by atoms with Gasteiger partial charge in [0.05, 0.1) is 40.9 Å². The standard InChI is InChI=1S/C23H28N6O2S/c1-23(2,3)12-18(30)26-19-11-17-20(32-19)22(29-7-9-31-10-8-29)27-21(25-17)14-5-4-6-16-15(14)13-24-28-16/h4-6,13,19H,7-12H2,1-3H3,(H,24,28)(H,26,30). The minimum absolute atomic E-state index is 0.0334. The van der Waals surface area contributed by atoms with E-state index in [-0.39, 0.29) is 16.7 Å². The third kappa shape index (κ3) is 4.31. The molecule has 4 heterocycles. The minimum atomic E-state index is -0.0462. The van der Waals surface area contributed by atoms with Crippen LogP contribution in [0, 0.1) is 5.41 Å². The first kappa shape index (κ1) is 21.2. The maximum absolute atomic E-state index is 12.6. The van der Waals surface area contributed by atoms with E-state index in [0.29, 0.717) is 31.9 Å². The molecular weight excluding hydrogens is 424 g/mol. The number of ether oxygens (including phenoxy) is 1. The van der Waals surface area contributed by atoms with Gasteiger partial charge in [-0.2, -0.15) is 5.10 Å². The number of aromatic nitrogens is 4. The minimum Gasteiger partial charge on any atom is -0.378 e. The molecule has 0 bridgehead atoms. The Kier molecular flexibility index (Phi) is 5.54. The van der Waals surface area contributed by atoms with Gasteiger partial charge in [0.2, 0.25) is 5.91 Å². The van der Waals surface area contributed by atoms with Crippen LogP contribution >= 0.6 is 11.8 Å². The maximum Gasteiger partial charge on any atom is 0.221 e. The zero-order valence-corrected chi connectivity index (χ0v) is 19.5. The summed E-state index contributed by atoms with van der Waals surface area (Å²) < 4.78 is 5.56. The molecule has 0 spiro atoms. The van der Waals surface area contributed by atoms with Crippen LogP contribution in [0.4, 0.5) is 5.82 Å². The van der Waals surface area contributed by atoms with Crippen molar-refractivity contribution in [1.29, 1.82) is 0 Å². The summed E-state index contributed by atoms with van der Waals surface area (Å²) in [5.41, 5.74) is 2.86. The molecule has 9 heteroatoms. The lowest BCUT2D eigenvalue weighted by Crippen LogP contribution is -2.37. The van der Waals surface area contributed by atoms with Crippen molar-refractivity contribution in [1.82, 2.24) is 25.5 Å². The molecule has 1 saturated heterocycles. The van der Waals surface area contributed by atoms with Gasteiger partial charge in [0.25, 0.3) is 0 Å². The van der Waals surface area contributed by atoms with Crippen molar-refractivity contribution in [2.45, 2.75) is 43.9 Å². The first-order valence-electron chi connectivity index (χ1n) is 11.0. The number of morpholine rings is 1. The number of thioether (sulfide) groups is 1. The summed E-state index contributed by atoms with van der Waals surface area (Å²) in [6.07, 6.45) is 3.00. The Labute approximate surface area is 191 Å². The van der Waals surface area contributed by atoms with Gasteiger partial charge < -0.3 is 15.0 Å². The van der Waals surface area contributed by atoms with E-state index in [0.717, 1.165) is 46.0 Å². The van der Waals surface area contributed by atoms with E-state index in [1.54, 1.807) is 11.8 Å². The van der Waals surface area contributed by atoms with E-state index in [1.165, 1.54) is 0 Å². The zero-order chi connectivity index (χ0) is 22.3. The molecule has 1 amide bonds. The molecule has 0 radical (unpaired) electrons. The lowest BCUT2D eigenvalue weighted by molar-refractivity contribution is -0.122. The van der Waals surface area contributed by atoms with Gasteiger partial charge in [-0.05, 0) is 11.5 Å². The molecule has 0 aliphatic carbocycles. The second-order valence-electron chi connectivity index (χ2n) is 9.50. The van der Waals surface area contributed by atoms with Crippen LogP contribution in [-0.4, -0.2) is 57.7 Å². The van der Waals surface area contributed by atoms with Crippen LogP contribution < -0.4 is 10.2 Å². The molecule has 0 saturated carbocycles. The van der Waals surface area contributed by atoms with E-state index in [2.05, 4.69) is 41.2 Å². The van der Waals surface area contributed by atoms with Crippen molar-refractivity contribution in [3.05, 3.63) is 30.1 Å². The van der Waals surface area contributed by atoms with Crippen molar-refractivity contribution in [2.24, 2.45) is 5.41 Å². The summed E-state index contributed by atoms with van der Waals surface area (Å²) in [4.78, 5) is 25.9. The Hall–Kier alpha value is -2.65. The van der Waals surface area contributed by atoms with E-state index < -0.39 is 0 Å². The van der Waals surface area contributed by atoms with Crippen LogP contribution in [-0.2, 0) is 16.0 Å². The summed E-state index contributed by atoms with van der Waals surface area (Å²) in [5.74, 6) is 1.71. The Bertz CT molecular complexity index is 1150. The van der Waals surface area contributed by atoms with Crippen LogP contribution in [0.5, 0.6) is 0 Å². The monoisotopic (exact) mass is 452 g/mol. The van der Waals surface area contributed by atoms with Gasteiger partial charge in [-0.1, -0.05) is 44.7 Å². The molecule has 1 aromatic carbocycles. The molecule has 2 aromatic heterocycles. The summed E-state index contributed by atoms with van der Waals surface area (Å²) >= 11 is 1.66. The number of anilines is 1. The highest BCUT2D eigenvalue weighted by Crippen LogP contribution is 2.42. The Morgan fingerprint density at radius 1 is 1.28 bits per heavy atom. The topological polar surface area (TPSA) is 96.0 Å². The lowest BCUT2D eigenvalue weighted by atomic mass is 9.92. The number of benzene rings is 1. The number of hydrogen-bond donors (Lipinski definition) is 2. The molecule has 1 atom stereocenters. The third-order valence-corrected chi connectivity index (χ3v) is 6.83. The molecule has 168 valence electrons. The fourth-order valence-corrected chi connectivity index (χ4v) is 5.43. The maximum atomic E-state index is 12.6. The first-order valence-corrected chi connectivity index (χ1v) is 11.9. The van der Waals surface area contributed by atoms with Gasteiger partial charge in [-0.25, -0.2) is 9.97 Å². The van der Waals surface area contributed by atoms with Crippen molar-refractivity contribution < 1.29 is 9.53 Å². The highest BCUT2D eigenvalue weighted by atomic mass is 32.2. The van der Waals surface area contributed by atoms with Crippen LogP contribution in [0.2, 0.25) is 0 Å². The second kappa shape index (κ2) is 8.37. The van der Waals surface area contributed by atoms with Gasteiger partial charge in [0.15, 0.2) is 5.82 Å². The van der Waals surface area contributed by atoms with E-state index in [9.17, 15) is 4.79 Å². The number of carbonyl (C=O) groups excluding carboxylic acids is 1. The Balaban J connectivity index is 1.50. The second-order valence-corrected chi connectivity index (χ2v) is 10.7. The first-order chi connectivity index (χ1) is 15.4. The molecule has 5 rings (SSSR count).